The van der Waals surface area contributed by atoms with Crippen molar-refractivity contribution in [1.29, 1.82) is 0 Å². The molecule has 1 amide bonds. The first-order valence-electron chi connectivity index (χ1n) is 7.20. The van der Waals surface area contributed by atoms with Crippen molar-refractivity contribution in [3.63, 3.8) is 0 Å². The fraction of sp³-hybridized carbons (Fsp3) is 0.200. The Hall–Kier alpha value is -2.74. The largest absolute Gasteiger partial charge is 0.508 e. The van der Waals surface area contributed by atoms with Crippen LogP contribution >= 0.6 is 11.3 Å². The number of phenolic OH excluding ortho intramolecular Hbond substituents is 1. The molecule has 23 heavy (non-hydrogen) atoms. The van der Waals surface area contributed by atoms with E-state index in [2.05, 4.69) is 20.8 Å². The van der Waals surface area contributed by atoms with Crippen molar-refractivity contribution in [2.75, 3.05) is 5.32 Å². The van der Waals surface area contributed by atoms with E-state index in [0.29, 0.717) is 11.3 Å². The number of tetrazole rings is 1. The highest BCUT2D eigenvalue weighted by molar-refractivity contribution is 7.15. The number of anilines is 1. The molecule has 0 atom stereocenters. The summed E-state index contributed by atoms with van der Waals surface area (Å²) >= 11 is 1.57. The number of benzene rings is 1. The average molecular weight is 327 g/mol. The molecule has 2 heterocycles. The van der Waals surface area contributed by atoms with Gasteiger partial charge in [-0.05, 0) is 59.5 Å². The van der Waals surface area contributed by atoms with Crippen molar-refractivity contribution in [2.45, 2.75) is 19.3 Å². The maximum Gasteiger partial charge on any atom is 0.259 e. The Balaban J connectivity index is 1.72. The second-order valence-corrected chi connectivity index (χ2v) is 6.38. The van der Waals surface area contributed by atoms with E-state index in [1.165, 1.54) is 28.0 Å². The Morgan fingerprint density at radius 3 is 2.83 bits per heavy atom. The lowest BCUT2D eigenvalue weighted by atomic mass is 10.1. The van der Waals surface area contributed by atoms with Gasteiger partial charge in [0.1, 0.15) is 17.1 Å². The van der Waals surface area contributed by atoms with Gasteiger partial charge in [-0.25, -0.2) is 0 Å². The Bertz CT molecular complexity index is 855. The molecule has 7 nitrogen and oxygen atoms in total. The maximum absolute atomic E-state index is 12.8. The van der Waals surface area contributed by atoms with Gasteiger partial charge in [0, 0.05) is 10.6 Å². The highest BCUT2D eigenvalue weighted by Crippen LogP contribution is 2.37. The topological polar surface area (TPSA) is 92.9 Å². The van der Waals surface area contributed by atoms with E-state index >= 15 is 0 Å². The fourth-order valence-corrected chi connectivity index (χ4v) is 4.08. The average Bonchev–Trinajstić information content (AvgIpc) is 3.24. The van der Waals surface area contributed by atoms with Crippen molar-refractivity contribution in [1.82, 2.24) is 20.2 Å². The number of nitrogens with zero attached hydrogens (tertiary/aromatic N) is 4. The molecule has 116 valence electrons. The highest BCUT2D eigenvalue weighted by atomic mass is 32.1. The summed E-state index contributed by atoms with van der Waals surface area (Å²) in [5.74, 6) is -0.0191. The molecule has 1 aromatic carbocycles. The number of amides is 1. The Kier molecular flexibility index (Phi) is 3.30. The third-order valence-electron chi connectivity index (χ3n) is 3.81. The summed E-state index contributed by atoms with van der Waals surface area (Å²) in [7, 11) is 0. The molecule has 0 bridgehead atoms. The maximum atomic E-state index is 12.8. The number of rotatable bonds is 3. The van der Waals surface area contributed by atoms with Crippen LogP contribution in [-0.2, 0) is 12.8 Å². The lowest BCUT2D eigenvalue weighted by Gasteiger charge is -2.08. The fourth-order valence-electron chi connectivity index (χ4n) is 2.78. The van der Waals surface area contributed by atoms with Gasteiger partial charge < -0.3 is 10.4 Å². The number of hydrogen-bond acceptors (Lipinski definition) is 6. The quantitative estimate of drug-likeness (QED) is 0.719. The van der Waals surface area contributed by atoms with Gasteiger partial charge in [-0.2, -0.15) is 4.68 Å². The van der Waals surface area contributed by atoms with E-state index in [-0.39, 0.29) is 11.7 Å². The number of carbonyl (C=O) groups excluding carboxylic acids is 1. The van der Waals surface area contributed by atoms with Crippen LogP contribution in [0.15, 0.2) is 30.6 Å². The number of hydrogen-bond donors (Lipinski definition) is 2. The van der Waals surface area contributed by atoms with E-state index in [4.69, 9.17) is 0 Å². The van der Waals surface area contributed by atoms with Gasteiger partial charge >= 0.3 is 0 Å². The van der Waals surface area contributed by atoms with Gasteiger partial charge in [-0.3, -0.25) is 4.79 Å². The molecule has 2 aromatic heterocycles. The summed E-state index contributed by atoms with van der Waals surface area (Å²) in [4.78, 5) is 14.0. The van der Waals surface area contributed by atoms with Crippen LogP contribution in [0.2, 0.25) is 0 Å². The standard InChI is InChI=1S/C15H13N5O2S/c21-10-6-4-9(5-7-10)17-14(22)13-11-2-1-3-12(11)23-15(13)20-8-16-18-19-20/h4-8,21H,1-3H2,(H,17,22). The molecule has 0 saturated heterocycles. The number of aryl methyl sites for hydroxylation is 1. The molecule has 0 unspecified atom stereocenters. The summed E-state index contributed by atoms with van der Waals surface area (Å²) < 4.78 is 1.54. The molecule has 1 aliphatic rings. The first kappa shape index (κ1) is 13.9. The lowest BCUT2D eigenvalue weighted by molar-refractivity contribution is 0.102. The van der Waals surface area contributed by atoms with E-state index in [1.807, 2.05) is 0 Å². The van der Waals surface area contributed by atoms with Crippen molar-refractivity contribution in [2.24, 2.45) is 0 Å². The van der Waals surface area contributed by atoms with Crippen LogP contribution in [0, 0.1) is 0 Å². The summed E-state index contributed by atoms with van der Waals surface area (Å²) in [6, 6.07) is 6.40. The predicted molar refractivity (Wildman–Crippen MR) is 85.1 cm³/mol. The number of aromatic hydroxyl groups is 1. The van der Waals surface area contributed by atoms with Crippen molar-refractivity contribution in [3.8, 4) is 10.8 Å². The van der Waals surface area contributed by atoms with Crippen LogP contribution in [0.3, 0.4) is 0 Å². The zero-order chi connectivity index (χ0) is 15.8. The van der Waals surface area contributed by atoms with Crippen LogP contribution in [0.5, 0.6) is 5.75 Å². The third-order valence-corrected chi connectivity index (χ3v) is 5.09. The predicted octanol–water partition coefficient (Wildman–Crippen LogP) is 2.17. The van der Waals surface area contributed by atoms with E-state index in [1.54, 1.807) is 23.5 Å². The van der Waals surface area contributed by atoms with Crippen molar-refractivity contribution >= 4 is 22.9 Å². The number of fused-ring (bicyclic) bond motifs is 1. The summed E-state index contributed by atoms with van der Waals surface area (Å²) in [5, 5.41) is 24.2. The van der Waals surface area contributed by atoms with E-state index in [0.717, 1.165) is 29.8 Å². The minimum absolute atomic E-state index is 0.161. The first-order chi connectivity index (χ1) is 11.2. The van der Waals surface area contributed by atoms with Crippen LogP contribution in [-0.4, -0.2) is 31.2 Å². The third kappa shape index (κ3) is 2.46. The minimum atomic E-state index is -0.180. The molecule has 0 fully saturated rings. The molecule has 0 radical (unpaired) electrons. The Morgan fingerprint density at radius 1 is 1.26 bits per heavy atom. The van der Waals surface area contributed by atoms with Gasteiger partial charge in [-0.15, -0.1) is 16.4 Å². The second-order valence-electron chi connectivity index (χ2n) is 5.29. The van der Waals surface area contributed by atoms with Gasteiger partial charge in [-0.1, -0.05) is 0 Å². The van der Waals surface area contributed by atoms with Crippen molar-refractivity contribution in [3.05, 3.63) is 46.6 Å². The van der Waals surface area contributed by atoms with Crippen LogP contribution in [0.25, 0.3) is 5.00 Å². The normalized spacial score (nSPS) is 13.0. The van der Waals surface area contributed by atoms with E-state index < -0.39 is 0 Å². The number of carbonyl (C=O) groups is 1. The van der Waals surface area contributed by atoms with Crippen LogP contribution < -0.4 is 5.32 Å². The smallest absolute Gasteiger partial charge is 0.259 e. The molecule has 0 aliphatic heterocycles. The number of phenols is 1. The monoisotopic (exact) mass is 327 g/mol. The molecule has 4 rings (SSSR count). The number of thiophene rings is 1. The molecule has 0 saturated carbocycles. The summed E-state index contributed by atoms with van der Waals surface area (Å²) in [5.41, 5.74) is 2.37. The summed E-state index contributed by atoms with van der Waals surface area (Å²) in [6.45, 7) is 0. The number of aromatic nitrogens is 4. The van der Waals surface area contributed by atoms with Crippen molar-refractivity contribution < 1.29 is 9.90 Å². The zero-order valence-electron chi connectivity index (χ0n) is 12.1. The molecule has 1 aliphatic carbocycles. The van der Waals surface area contributed by atoms with Crippen LogP contribution in [0.4, 0.5) is 5.69 Å². The lowest BCUT2D eigenvalue weighted by Crippen LogP contribution is -2.15. The molecule has 8 heteroatoms. The zero-order valence-corrected chi connectivity index (χ0v) is 12.9. The Labute approximate surface area is 135 Å². The molecular weight excluding hydrogens is 314 g/mol. The molecule has 3 aromatic rings. The SMILES string of the molecule is O=C(Nc1ccc(O)cc1)c1c(-n2cnnn2)sc2c1CCC2. The Morgan fingerprint density at radius 2 is 2.09 bits per heavy atom. The summed E-state index contributed by atoms with van der Waals surface area (Å²) in [6.07, 6.45) is 4.45. The molecular formula is C15H13N5O2S. The van der Waals surface area contributed by atoms with Gasteiger partial charge in [0.05, 0.1) is 5.56 Å². The van der Waals surface area contributed by atoms with Gasteiger partial charge in [0.25, 0.3) is 5.91 Å². The van der Waals surface area contributed by atoms with Crippen LogP contribution in [0.1, 0.15) is 27.2 Å². The van der Waals surface area contributed by atoms with E-state index in [9.17, 15) is 9.90 Å². The first-order valence-corrected chi connectivity index (χ1v) is 8.02. The highest BCUT2D eigenvalue weighted by Gasteiger charge is 2.28. The minimum Gasteiger partial charge on any atom is -0.508 e. The van der Waals surface area contributed by atoms with Gasteiger partial charge in [0.2, 0.25) is 0 Å². The molecule has 0 spiro atoms. The second kappa shape index (κ2) is 5.47. The van der Waals surface area contributed by atoms with Gasteiger partial charge in [0.15, 0.2) is 0 Å². The molecule has 2 N–H and O–H groups in total. The number of nitrogens with one attached hydrogen (secondary N) is 1.